The Morgan fingerprint density at radius 2 is 2.00 bits per heavy atom. The number of rotatable bonds is 1. The summed E-state index contributed by atoms with van der Waals surface area (Å²) in [6.07, 6.45) is 3.69. The molecule has 0 aliphatic carbocycles. The molecule has 0 spiro atoms. The lowest BCUT2D eigenvalue weighted by atomic mass is 9.95. The van der Waals surface area contributed by atoms with Crippen molar-refractivity contribution in [3.8, 4) is 0 Å². The minimum absolute atomic E-state index is 0.246. The van der Waals surface area contributed by atoms with Crippen LogP contribution in [0.1, 0.15) is 55.8 Å². The zero-order valence-corrected chi connectivity index (χ0v) is 12.9. The predicted octanol–water partition coefficient (Wildman–Crippen LogP) is 3.53. The summed E-state index contributed by atoms with van der Waals surface area (Å²) in [6.45, 7) is 8.00. The average molecular weight is 266 g/mol. The minimum Gasteiger partial charge on any atom is -0.326 e. The van der Waals surface area contributed by atoms with E-state index < -0.39 is 0 Å². The zero-order chi connectivity index (χ0) is 13.3. The molecule has 2 atom stereocenters. The maximum Gasteiger partial charge on any atom is 0.0591 e. The number of thiophene rings is 1. The summed E-state index contributed by atoms with van der Waals surface area (Å²) in [5.74, 6) is 0. The summed E-state index contributed by atoms with van der Waals surface area (Å²) in [7, 11) is 2.21. The smallest absolute Gasteiger partial charge is 0.0591 e. The van der Waals surface area contributed by atoms with E-state index in [2.05, 4.69) is 44.9 Å². The molecule has 0 bridgehead atoms. The fourth-order valence-electron chi connectivity index (χ4n) is 2.71. The van der Waals surface area contributed by atoms with E-state index in [0.29, 0.717) is 6.04 Å². The molecule has 1 aliphatic heterocycles. The van der Waals surface area contributed by atoms with Crippen molar-refractivity contribution in [1.29, 1.82) is 0 Å². The van der Waals surface area contributed by atoms with Gasteiger partial charge in [0.05, 0.1) is 6.04 Å². The van der Waals surface area contributed by atoms with Crippen LogP contribution in [0.25, 0.3) is 0 Å². The van der Waals surface area contributed by atoms with Gasteiger partial charge in [-0.05, 0) is 44.0 Å². The Morgan fingerprint density at radius 3 is 2.61 bits per heavy atom. The second-order valence-corrected chi connectivity index (χ2v) is 7.65. The molecule has 1 fully saturated rings. The van der Waals surface area contributed by atoms with E-state index in [4.69, 9.17) is 5.73 Å². The quantitative estimate of drug-likeness (QED) is 0.842. The normalized spacial score (nSPS) is 27.2. The van der Waals surface area contributed by atoms with Gasteiger partial charge in [0, 0.05) is 15.8 Å². The Balaban J connectivity index is 2.25. The molecule has 0 amide bonds. The summed E-state index contributed by atoms with van der Waals surface area (Å²) >= 11 is 1.94. The van der Waals surface area contributed by atoms with Gasteiger partial charge in [-0.1, -0.05) is 27.2 Å². The number of hydrogen-bond donors (Lipinski definition) is 1. The van der Waals surface area contributed by atoms with Crippen molar-refractivity contribution in [2.24, 2.45) is 5.73 Å². The third kappa shape index (κ3) is 2.95. The number of nitrogens with two attached hydrogens (primary N) is 1. The first-order chi connectivity index (χ1) is 8.39. The van der Waals surface area contributed by atoms with Crippen molar-refractivity contribution in [1.82, 2.24) is 4.90 Å². The maximum atomic E-state index is 6.38. The van der Waals surface area contributed by atoms with Gasteiger partial charge >= 0.3 is 0 Å². The van der Waals surface area contributed by atoms with Gasteiger partial charge in [-0.2, -0.15) is 0 Å². The van der Waals surface area contributed by atoms with Gasteiger partial charge in [-0.3, -0.25) is 4.90 Å². The third-order valence-electron chi connectivity index (χ3n) is 3.84. The van der Waals surface area contributed by atoms with Crippen LogP contribution in [-0.2, 0) is 5.41 Å². The van der Waals surface area contributed by atoms with Crippen LogP contribution in [0.3, 0.4) is 0 Å². The van der Waals surface area contributed by atoms with Crippen molar-refractivity contribution < 1.29 is 0 Å². The Morgan fingerprint density at radius 1 is 1.28 bits per heavy atom. The fraction of sp³-hybridized carbons (Fsp3) is 0.733. The first-order valence-electron chi connectivity index (χ1n) is 6.95. The first-order valence-corrected chi connectivity index (χ1v) is 7.77. The van der Waals surface area contributed by atoms with Gasteiger partial charge in [0.15, 0.2) is 0 Å². The molecule has 2 N–H and O–H groups in total. The van der Waals surface area contributed by atoms with E-state index in [1.54, 1.807) is 0 Å². The molecular weight excluding hydrogens is 240 g/mol. The van der Waals surface area contributed by atoms with Gasteiger partial charge in [0.25, 0.3) is 0 Å². The number of likely N-dealkylation sites (N-methyl/N-ethyl adjacent to an activating group) is 1. The highest BCUT2D eigenvalue weighted by molar-refractivity contribution is 7.12. The highest BCUT2D eigenvalue weighted by atomic mass is 32.1. The maximum absolute atomic E-state index is 6.38. The van der Waals surface area contributed by atoms with E-state index in [-0.39, 0.29) is 11.5 Å². The summed E-state index contributed by atoms with van der Waals surface area (Å²) in [5, 5.41) is 0. The monoisotopic (exact) mass is 266 g/mol. The summed E-state index contributed by atoms with van der Waals surface area (Å²) in [6, 6.07) is 5.26. The molecule has 1 aromatic heterocycles. The largest absolute Gasteiger partial charge is 0.326 e. The topological polar surface area (TPSA) is 29.3 Å². The standard InChI is InChI=1S/C15H26N2S/c1-15(2,3)13-9-8-12(18-13)14-11(16)7-5-6-10-17(14)4/h8-9,11,14H,5-7,10,16H2,1-4H3. The molecular formula is C15H26N2S. The highest BCUT2D eigenvalue weighted by Crippen LogP contribution is 2.36. The van der Waals surface area contributed by atoms with E-state index >= 15 is 0 Å². The lowest BCUT2D eigenvalue weighted by Gasteiger charge is -2.29. The molecule has 3 heteroatoms. The molecule has 102 valence electrons. The van der Waals surface area contributed by atoms with E-state index in [1.165, 1.54) is 29.1 Å². The van der Waals surface area contributed by atoms with Crippen LogP contribution >= 0.6 is 11.3 Å². The zero-order valence-electron chi connectivity index (χ0n) is 12.1. The van der Waals surface area contributed by atoms with Crippen molar-refractivity contribution >= 4 is 11.3 Å². The average Bonchev–Trinajstić information content (AvgIpc) is 2.67. The van der Waals surface area contributed by atoms with Crippen LogP contribution in [0.15, 0.2) is 12.1 Å². The van der Waals surface area contributed by atoms with Crippen LogP contribution in [0.2, 0.25) is 0 Å². The molecule has 1 saturated heterocycles. The van der Waals surface area contributed by atoms with Crippen LogP contribution in [-0.4, -0.2) is 24.5 Å². The number of likely N-dealkylation sites (tertiary alicyclic amines) is 1. The molecule has 0 radical (unpaired) electrons. The SMILES string of the molecule is CN1CCCCC(N)C1c1ccc(C(C)(C)C)s1. The van der Waals surface area contributed by atoms with Gasteiger partial charge in [-0.15, -0.1) is 11.3 Å². The predicted molar refractivity (Wildman–Crippen MR) is 80.2 cm³/mol. The molecule has 1 aromatic rings. The van der Waals surface area contributed by atoms with Crippen LogP contribution < -0.4 is 5.73 Å². The molecule has 2 nitrogen and oxygen atoms in total. The van der Waals surface area contributed by atoms with E-state index in [0.717, 1.165) is 6.42 Å². The van der Waals surface area contributed by atoms with Gasteiger partial charge in [-0.25, -0.2) is 0 Å². The first kappa shape index (κ1) is 14.0. The summed E-state index contributed by atoms with van der Waals surface area (Å²) < 4.78 is 0. The van der Waals surface area contributed by atoms with Crippen LogP contribution in [0, 0.1) is 0 Å². The van der Waals surface area contributed by atoms with Gasteiger partial charge < -0.3 is 5.73 Å². The molecule has 2 rings (SSSR count). The Bertz CT molecular complexity index is 379. The van der Waals surface area contributed by atoms with Crippen LogP contribution in [0.5, 0.6) is 0 Å². The van der Waals surface area contributed by atoms with E-state index in [9.17, 15) is 0 Å². The highest BCUT2D eigenvalue weighted by Gasteiger charge is 2.28. The summed E-state index contributed by atoms with van der Waals surface area (Å²) in [5.41, 5.74) is 6.63. The minimum atomic E-state index is 0.246. The molecule has 2 unspecified atom stereocenters. The lowest BCUT2D eigenvalue weighted by Crippen LogP contribution is -2.37. The molecule has 18 heavy (non-hydrogen) atoms. The Kier molecular flexibility index (Phi) is 4.15. The van der Waals surface area contributed by atoms with Gasteiger partial charge in [0.1, 0.15) is 0 Å². The Hall–Kier alpha value is -0.380. The lowest BCUT2D eigenvalue weighted by molar-refractivity contribution is 0.233. The van der Waals surface area contributed by atoms with E-state index in [1.807, 2.05) is 11.3 Å². The van der Waals surface area contributed by atoms with Crippen molar-refractivity contribution in [3.63, 3.8) is 0 Å². The molecule has 1 aliphatic rings. The summed E-state index contributed by atoms with van der Waals surface area (Å²) in [4.78, 5) is 5.34. The van der Waals surface area contributed by atoms with Crippen molar-refractivity contribution in [2.75, 3.05) is 13.6 Å². The van der Waals surface area contributed by atoms with Crippen molar-refractivity contribution in [3.05, 3.63) is 21.9 Å². The van der Waals surface area contributed by atoms with Gasteiger partial charge in [0.2, 0.25) is 0 Å². The molecule has 0 saturated carbocycles. The fourth-order valence-corrected chi connectivity index (χ4v) is 4.02. The number of hydrogen-bond acceptors (Lipinski definition) is 3. The number of nitrogens with zero attached hydrogens (tertiary/aromatic N) is 1. The van der Waals surface area contributed by atoms with Crippen LogP contribution in [0.4, 0.5) is 0 Å². The molecule has 2 heterocycles. The third-order valence-corrected chi connectivity index (χ3v) is 5.42. The second-order valence-electron chi connectivity index (χ2n) is 6.54. The Labute approximate surface area is 115 Å². The second kappa shape index (κ2) is 5.32. The van der Waals surface area contributed by atoms with Crippen molar-refractivity contribution in [2.45, 2.75) is 57.5 Å². The molecule has 0 aromatic carbocycles.